The Labute approximate surface area is 145 Å². The second-order valence-electron chi connectivity index (χ2n) is 6.27. The van der Waals surface area contributed by atoms with Gasteiger partial charge in [-0.3, -0.25) is 9.59 Å². The van der Waals surface area contributed by atoms with Crippen molar-refractivity contribution >= 4 is 16.8 Å². The van der Waals surface area contributed by atoms with Crippen molar-refractivity contribution in [2.24, 2.45) is 0 Å². The minimum Gasteiger partial charge on any atom is -0.348 e. The monoisotopic (exact) mass is 336 g/mol. The van der Waals surface area contributed by atoms with Crippen LogP contribution in [0.1, 0.15) is 29.7 Å². The van der Waals surface area contributed by atoms with E-state index in [2.05, 4.69) is 15.6 Å². The lowest BCUT2D eigenvalue weighted by molar-refractivity contribution is -0.122. The van der Waals surface area contributed by atoms with E-state index < -0.39 is 0 Å². The normalized spacial score (nSPS) is 12.1. The average Bonchev–Trinajstić information content (AvgIpc) is 2.58. The van der Waals surface area contributed by atoms with Gasteiger partial charge in [-0.2, -0.15) is 0 Å². The van der Waals surface area contributed by atoms with Crippen molar-refractivity contribution in [2.75, 3.05) is 0 Å². The van der Waals surface area contributed by atoms with Crippen LogP contribution in [0.2, 0.25) is 0 Å². The van der Waals surface area contributed by atoms with Gasteiger partial charge in [0.25, 0.3) is 5.56 Å². The summed E-state index contributed by atoms with van der Waals surface area (Å²) in [6.07, 6.45) is 0. The predicted molar refractivity (Wildman–Crippen MR) is 96.3 cm³/mol. The van der Waals surface area contributed by atoms with Gasteiger partial charge in [-0.15, -0.1) is 5.10 Å². The highest BCUT2D eigenvalue weighted by atomic mass is 16.2. The zero-order valence-corrected chi connectivity index (χ0v) is 14.5. The lowest BCUT2D eigenvalue weighted by Gasteiger charge is -2.15. The fourth-order valence-corrected chi connectivity index (χ4v) is 2.66. The quantitative estimate of drug-likeness (QED) is 0.793. The van der Waals surface area contributed by atoms with Crippen LogP contribution in [0.4, 0.5) is 0 Å². The fourth-order valence-electron chi connectivity index (χ4n) is 2.66. The molecule has 1 aromatic heterocycles. The number of amides is 1. The Bertz CT molecular complexity index is 977. The maximum atomic E-state index is 12.5. The molecule has 1 amide bonds. The Balaban J connectivity index is 1.76. The number of rotatable bonds is 4. The number of benzene rings is 2. The van der Waals surface area contributed by atoms with E-state index in [0.717, 1.165) is 21.4 Å². The molecule has 25 heavy (non-hydrogen) atoms. The molecule has 0 aliphatic rings. The summed E-state index contributed by atoms with van der Waals surface area (Å²) in [5, 5.41) is 11.2. The first-order valence-electron chi connectivity index (χ1n) is 8.14. The number of aryl methyl sites for hydroxylation is 2. The SMILES string of the molecule is Cc1ccc(C(C)NC(=O)Cn2nnc3ccc(C)cc3c2=O)cc1. The number of fused-ring (bicyclic) bond motifs is 1. The molecular formula is C19H20N4O2. The molecular weight excluding hydrogens is 316 g/mol. The molecule has 3 rings (SSSR count). The summed E-state index contributed by atoms with van der Waals surface area (Å²) in [5.74, 6) is -0.281. The average molecular weight is 336 g/mol. The molecule has 0 bridgehead atoms. The fraction of sp³-hybridized carbons (Fsp3) is 0.263. The van der Waals surface area contributed by atoms with Gasteiger partial charge in [0.15, 0.2) is 0 Å². The Morgan fingerprint density at radius 2 is 1.80 bits per heavy atom. The van der Waals surface area contributed by atoms with Crippen LogP contribution < -0.4 is 10.9 Å². The van der Waals surface area contributed by atoms with E-state index in [1.807, 2.05) is 51.1 Å². The maximum absolute atomic E-state index is 12.5. The summed E-state index contributed by atoms with van der Waals surface area (Å²) in [6, 6.07) is 13.2. The molecule has 0 fully saturated rings. The van der Waals surface area contributed by atoms with Gasteiger partial charge in [-0.25, -0.2) is 4.68 Å². The molecule has 0 radical (unpaired) electrons. The van der Waals surface area contributed by atoms with E-state index in [1.54, 1.807) is 12.1 Å². The van der Waals surface area contributed by atoms with Crippen LogP contribution in [-0.4, -0.2) is 20.9 Å². The number of hydrogen-bond donors (Lipinski definition) is 1. The predicted octanol–water partition coefficient (Wildman–Crippen LogP) is 2.29. The zero-order valence-electron chi connectivity index (χ0n) is 14.5. The topological polar surface area (TPSA) is 76.9 Å². The molecule has 6 heteroatoms. The van der Waals surface area contributed by atoms with Gasteiger partial charge in [0.1, 0.15) is 12.1 Å². The molecule has 2 aromatic carbocycles. The largest absolute Gasteiger partial charge is 0.348 e. The van der Waals surface area contributed by atoms with Gasteiger partial charge < -0.3 is 5.32 Å². The van der Waals surface area contributed by atoms with Crippen LogP contribution in [0, 0.1) is 13.8 Å². The van der Waals surface area contributed by atoms with Gasteiger partial charge in [-0.05, 0) is 38.5 Å². The Morgan fingerprint density at radius 1 is 1.12 bits per heavy atom. The molecule has 1 heterocycles. The zero-order chi connectivity index (χ0) is 18.0. The summed E-state index contributed by atoms with van der Waals surface area (Å²) in [5.41, 5.74) is 3.34. The molecule has 1 atom stereocenters. The number of nitrogens with one attached hydrogen (secondary N) is 1. The molecule has 1 N–H and O–H groups in total. The molecule has 0 saturated carbocycles. The van der Waals surface area contributed by atoms with Crippen LogP contribution in [0.3, 0.4) is 0 Å². The summed E-state index contributed by atoms with van der Waals surface area (Å²) >= 11 is 0. The molecule has 0 aliphatic carbocycles. The van der Waals surface area contributed by atoms with E-state index in [4.69, 9.17) is 0 Å². The maximum Gasteiger partial charge on any atom is 0.278 e. The first-order valence-corrected chi connectivity index (χ1v) is 8.14. The first kappa shape index (κ1) is 16.8. The van der Waals surface area contributed by atoms with E-state index in [1.165, 1.54) is 0 Å². The van der Waals surface area contributed by atoms with Crippen LogP contribution in [0.5, 0.6) is 0 Å². The lowest BCUT2D eigenvalue weighted by atomic mass is 10.1. The van der Waals surface area contributed by atoms with Crippen LogP contribution in [-0.2, 0) is 11.3 Å². The van der Waals surface area contributed by atoms with E-state index in [-0.39, 0.29) is 24.1 Å². The van der Waals surface area contributed by atoms with Crippen LogP contribution >= 0.6 is 0 Å². The molecule has 6 nitrogen and oxygen atoms in total. The van der Waals surface area contributed by atoms with Gasteiger partial charge in [-0.1, -0.05) is 46.7 Å². The summed E-state index contributed by atoms with van der Waals surface area (Å²) in [4.78, 5) is 24.8. The smallest absolute Gasteiger partial charge is 0.278 e. The van der Waals surface area contributed by atoms with Crippen molar-refractivity contribution in [1.82, 2.24) is 20.3 Å². The Morgan fingerprint density at radius 3 is 2.52 bits per heavy atom. The number of aromatic nitrogens is 3. The van der Waals surface area contributed by atoms with Crippen molar-refractivity contribution in [1.29, 1.82) is 0 Å². The van der Waals surface area contributed by atoms with Crippen LogP contribution in [0.25, 0.3) is 10.9 Å². The van der Waals surface area contributed by atoms with E-state index in [0.29, 0.717) is 10.9 Å². The summed E-state index contributed by atoms with van der Waals surface area (Å²) < 4.78 is 1.10. The number of nitrogens with zero attached hydrogens (tertiary/aromatic N) is 3. The molecule has 128 valence electrons. The third-order valence-corrected chi connectivity index (χ3v) is 4.13. The van der Waals surface area contributed by atoms with Gasteiger partial charge >= 0.3 is 0 Å². The third-order valence-electron chi connectivity index (χ3n) is 4.13. The van der Waals surface area contributed by atoms with Crippen molar-refractivity contribution in [3.63, 3.8) is 0 Å². The molecule has 0 spiro atoms. The standard InChI is InChI=1S/C19H20N4O2/c1-12-4-7-15(8-5-12)14(3)20-18(24)11-23-19(25)16-10-13(2)6-9-17(16)21-22-23/h4-10,14H,11H2,1-3H3,(H,20,24). The second-order valence-corrected chi connectivity index (χ2v) is 6.27. The second kappa shape index (κ2) is 6.84. The van der Waals surface area contributed by atoms with E-state index in [9.17, 15) is 9.59 Å². The molecule has 3 aromatic rings. The first-order chi connectivity index (χ1) is 11.9. The van der Waals surface area contributed by atoms with Crippen molar-refractivity contribution < 1.29 is 4.79 Å². The Kier molecular flexibility index (Phi) is 4.61. The van der Waals surface area contributed by atoms with Crippen molar-refractivity contribution in [2.45, 2.75) is 33.4 Å². The molecule has 0 aliphatic heterocycles. The van der Waals surface area contributed by atoms with Crippen LogP contribution in [0.15, 0.2) is 47.3 Å². The Hall–Kier alpha value is -3.02. The summed E-state index contributed by atoms with van der Waals surface area (Å²) in [7, 11) is 0. The van der Waals surface area contributed by atoms with Crippen molar-refractivity contribution in [3.05, 3.63) is 69.5 Å². The number of carbonyl (C=O) groups is 1. The highest BCUT2D eigenvalue weighted by molar-refractivity contribution is 5.79. The number of carbonyl (C=O) groups excluding carboxylic acids is 1. The molecule has 1 unspecified atom stereocenters. The minimum absolute atomic E-state index is 0.153. The van der Waals surface area contributed by atoms with E-state index >= 15 is 0 Å². The molecule has 0 saturated heterocycles. The number of hydrogen-bond acceptors (Lipinski definition) is 4. The highest BCUT2D eigenvalue weighted by Crippen LogP contribution is 2.13. The minimum atomic E-state index is -0.313. The third kappa shape index (κ3) is 3.74. The highest BCUT2D eigenvalue weighted by Gasteiger charge is 2.13. The van der Waals surface area contributed by atoms with Gasteiger partial charge in [0, 0.05) is 0 Å². The van der Waals surface area contributed by atoms with Crippen molar-refractivity contribution in [3.8, 4) is 0 Å². The van der Waals surface area contributed by atoms with Gasteiger partial charge in [0.05, 0.1) is 11.4 Å². The summed E-state index contributed by atoms with van der Waals surface area (Å²) in [6.45, 7) is 5.66. The van der Waals surface area contributed by atoms with Gasteiger partial charge in [0.2, 0.25) is 5.91 Å². The lowest BCUT2D eigenvalue weighted by Crippen LogP contribution is -2.35.